The highest BCUT2D eigenvalue weighted by atomic mass is 35.5. The number of halogens is 1. The maximum atomic E-state index is 6.07. The number of nitrogens with one attached hydrogen (secondary N) is 1. The molecule has 18 heavy (non-hydrogen) atoms. The summed E-state index contributed by atoms with van der Waals surface area (Å²) in [6, 6.07) is 7.82. The van der Waals surface area contributed by atoms with E-state index in [1.165, 1.54) is 0 Å². The Bertz CT molecular complexity index is 589. The molecule has 1 atom stereocenters. The minimum Gasteiger partial charge on any atom is -0.396 e. The maximum absolute atomic E-state index is 6.07. The predicted molar refractivity (Wildman–Crippen MR) is 77.7 cm³/mol. The van der Waals surface area contributed by atoms with Crippen LogP contribution >= 0.6 is 11.6 Å². The fraction of sp³-hybridized carbons (Fsp3) is 0.214. The van der Waals surface area contributed by atoms with Crippen molar-refractivity contribution < 1.29 is 0 Å². The van der Waals surface area contributed by atoms with Crippen LogP contribution in [0.1, 0.15) is 6.42 Å². The van der Waals surface area contributed by atoms with Crippen LogP contribution < -0.4 is 11.1 Å². The van der Waals surface area contributed by atoms with Crippen LogP contribution in [0.15, 0.2) is 30.5 Å². The van der Waals surface area contributed by atoms with Crippen LogP contribution in [0, 0.1) is 12.3 Å². The van der Waals surface area contributed by atoms with Crippen molar-refractivity contribution in [2.45, 2.75) is 11.8 Å². The Balaban J connectivity index is 2.27. The molecule has 1 unspecified atom stereocenters. The lowest BCUT2D eigenvalue weighted by atomic mass is 10.1. The summed E-state index contributed by atoms with van der Waals surface area (Å²) >= 11 is 6.07. The normalized spacial score (nSPS) is 12.0. The smallest absolute Gasteiger partial charge is 0.0743 e. The van der Waals surface area contributed by atoms with E-state index in [-0.39, 0.29) is 5.38 Å². The minimum atomic E-state index is -0.110. The van der Waals surface area contributed by atoms with Crippen LogP contribution in [-0.2, 0) is 0 Å². The molecular formula is C14H14ClN3. The number of hydrogen-bond donors (Lipinski definition) is 2. The number of nitrogens with zero attached hydrogens (tertiary/aromatic N) is 1. The molecule has 1 heterocycles. The molecule has 0 aliphatic heterocycles. The van der Waals surface area contributed by atoms with Crippen LogP contribution in [-0.4, -0.2) is 16.9 Å². The van der Waals surface area contributed by atoms with E-state index in [1.807, 2.05) is 24.3 Å². The van der Waals surface area contributed by atoms with Gasteiger partial charge in [-0.2, -0.15) is 0 Å². The Kier molecular flexibility index (Phi) is 3.91. The summed E-state index contributed by atoms with van der Waals surface area (Å²) in [6.45, 7) is 0.573. The van der Waals surface area contributed by atoms with Crippen LogP contribution in [0.3, 0.4) is 0 Å². The van der Waals surface area contributed by atoms with Gasteiger partial charge in [-0.05, 0) is 6.07 Å². The van der Waals surface area contributed by atoms with Gasteiger partial charge in [-0.1, -0.05) is 18.2 Å². The van der Waals surface area contributed by atoms with Gasteiger partial charge >= 0.3 is 0 Å². The third kappa shape index (κ3) is 2.66. The van der Waals surface area contributed by atoms with Gasteiger partial charge in [-0.25, -0.2) is 0 Å². The second kappa shape index (κ2) is 5.61. The summed E-state index contributed by atoms with van der Waals surface area (Å²) < 4.78 is 0. The minimum absolute atomic E-state index is 0.110. The summed E-state index contributed by atoms with van der Waals surface area (Å²) in [7, 11) is 0. The molecule has 0 bridgehead atoms. The largest absolute Gasteiger partial charge is 0.396 e. The molecule has 0 aliphatic carbocycles. The maximum Gasteiger partial charge on any atom is 0.0743 e. The highest BCUT2D eigenvalue weighted by molar-refractivity contribution is 6.21. The summed E-state index contributed by atoms with van der Waals surface area (Å²) in [4.78, 5) is 4.27. The first-order chi connectivity index (χ1) is 8.72. The van der Waals surface area contributed by atoms with Crippen LogP contribution in [0.5, 0.6) is 0 Å². The van der Waals surface area contributed by atoms with E-state index in [4.69, 9.17) is 23.8 Å². The number of aromatic nitrogens is 1. The lowest BCUT2D eigenvalue weighted by molar-refractivity contribution is 0.918. The average molecular weight is 260 g/mol. The molecule has 0 saturated heterocycles. The second-order valence-corrected chi connectivity index (χ2v) is 4.61. The molecular weight excluding hydrogens is 246 g/mol. The molecule has 0 fully saturated rings. The van der Waals surface area contributed by atoms with Crippen molar-refractivity contribution in [2.75, 3.05) is 17.6 Å². The molecule has 0 amide bonds. The average Bonchev–Trinajstić information content (AvgIpc) is 2.38. The molecule has 0 radical (unpaired) electrons. The Hall–Kier alpha value is -1.92. The number of pyridine rings is 1. The summed E-state index contributed by atoms with van der Waals surface area (Å²) in [5.74, 6) is 2.54. The number of terminal acetylenes is 1. The highest BCUT2D eigenvalue weighted by Crippen LogP contribution is 2.27. The first-order valence-electron chi connectivity index (χ1n) is 5.67. The van der Waals surface area contributed by atoms with Gasteiger partial charge in [0.1, 0.15) is 0 Å². The monoisotopic (exact) mass is 259 g/mol. The van der Waals surface area contributed by atoms with E-state index in [0.717, 1.165) is 16.6 Å². The Labute approximate surface area is 111 Å². The van der Waals surface area contributed by atoms with Crippen molar-refractivity contribution >= 4 is 33.9 Å². The van der Waals surface area contributed by atoms with Crippen molar-refractivity contribution in [2.24, 2.45) is 0 Å². The second-order valence-electron chi connectivity index (χ2n) is 3.99. The summed E-state index contributed by atoms with van der Waals surface area (Å²) in [6.07, 6.45) is 7.40. The standard InChI is InChI=1S/C14H14ClN3/c1-2-5-10(15)8-18-14-11-6-3-4-7-13(11)17-9-12(14)16/h1,3-4,6-7,9-10H,5,8,16H2,(H,17,18). The molecule has 0 aliphatic rings. The number of benzene rings is 1. The quantitative estimate of drug-likeness (QED) is 0.656. The Morgan fingerprint density at radius 2 is 2.22 bits per heavy atom. The van der Waals surface area contributed by atoms with Gasteiger partial charge in [0.2, 0.25) is 0 Å². The first kappa shape index (κ1) is 12.5. The number of hydrogen-bond acceptors (Lipinski definition) is 3. The Morgan fingerprint density at radius 1 is 1.44 bits per heavy atom. The third-order valence-corrected chi connectivity index (χ3v) is 2.95. The number of alkyl halides is 1. The predicted octanol–water partition coefficient (Wildman–Crippen LogP) is 2.86. The van der Waals surface area contributed by atoms with Crippen molar-refractivity contribution in [3.63, 3.8) is 0 Å². The van der Waals surface area contributed by atoms with Crippen LogP contribution in [0.2, 0.25) is 0 Å². The molecule has 0 saturated carbocycles. The van der Waals surface area contributed by atoms with E-state index in [0.29, 0.717) is 18.7 Å². The zero-order valence-corrected chi connectivity index (χ0v) is 10.6. The van der Waals surface area contributed by atoms with E-state index in [9.17, 15) is 0 Å². The SMILES string of the molecule is C#CCC(Cl)CNc1c(N)cnc2ccccc12. The van der Waals surface area contributed by atoms with Gasteiger partial charge in [0.05, 0.1) is 28.5 Å². The van der Waals surface area contributed by atoms with E-state index in [2.05, 4.69) is 16.2 Å². The van der Waals surface area contributed by atoms with Crippen molar-refractivity contribution in [1.29, 1.82) is 0 Å². The molecule has 0 spiro atoms. The molecule has 1 aromatic carbocycles. The summed E-state index contributed by atoms with van der Waals surface area (Å²) in [5.41, 5.74) is 8.31. The number of anilines is 2. The Morgan fingerprint density at radius 3 is 3.00 bits per heavy atom. The third-order valence-electron chi connectivity index (χ3n) is 2.64. The molecule has 2 rings (SSSR count). The number of rotatable bonds is 4. The molecule has 3 N–H and O–H groups in total. The van der Waals surface area contributed by atoms with Gasteiger partial charge in [0, 0.05) is 18.4 Å². The van der Waals surface area contributed by atoms with Crippen molar-refractivity contribution in [1.82, 2.24) is 4.98 Å². The van der Waals surface area contributed by atoms with E-state index < -0.39 is 0 Å². The van der Waals surface area contributed by atoms with E-state index in [1.54, 1.807) is 6.20 Å². The van der Waals surface area contributed by atoms with Crippen molar-refractivity contribution in [3.05, 3.63) is 30.5 Å². The lowest BCUT2D eigenvalue weighted by Gasteiger charge is -2.13. The lowest BCUT2D eigenvalue weighted by Crippen LogP contribution is -2.15. The summed E-state index contributed by atoms with van der Waals surface area (Å²) in [5, 5.41) is 4.13. The molecule has 1 aromatic heterocycles. The molecule has 92 valence electrons. The number of para-hydroxylation sites is 1. The molecule has 2 aromatic rings. The van der Waals surface area contributed by atoms with Crippen molar-refractivity contribution in [3.8, 4) is 12.3 Å². The van der Waals surface area contributed by atoms with Gasteiger partial charge in [0.15, 0.2) is 0 Å². The van der Waals surface area contributed by atoms with Gasteiger partial charge in [-0.3, -0.25) is 4.98 Å². The fourth-order valence-electron chi connectivity index (χ4n) is 1.77. The number of nitrogens with two attached hydrogens (primary N) is 1. The number of nitrogen functional groups attached to an aromatic ring is 1. The molecule has 3 nitrogen and oxygen atoms in total. The van der Waals surface area contributed by atoms with Gasteiger partial charge < -0.3 is 11.1 Å². The topological polar surface area (TPSA) is 50.9 Å². The van der Waals surface area contributed by atoms with Crippen LogP contribution in [0.25, 0.3) is 10.9 Å². The molecule has 4 heteroatoms. The highest BCUT2D eigenvalue weighted by Gasteiger charge is 2.08. The van der Waals surface area contributed by atoms with Crippen LogP contribution in [0.4, 0.5) is 11.4 Å². The van der Waals surface area contributed by atoms with Gasteiger partial charge in [-0.15, -0.1) is 23.9 Å². The van der Waals surface area contributed by atoms with Gasteiger partial charge in [0.25, 0.3) is 0 Å². The first-order valence-corrected chi connectivity index (χ1v) is 6.10. The van der Waals surface area contributed by atoms with E-state index >= 15 is 0 Å². The zero-order chi connectivity index (χ0) is 13.0. The fourth-order valence-corrected chi connectivity index (χ4v) is 1.93. The zero-order valence-electron chi connectivity index (χ0n) is 9.86. The number of fused-ring (bicyclic) bond motifs is 1.